The minimum atomic E-state index is -2.71. The first-order chi connectivity index (χ1) is 31.8. The van der Waals surface area contributed by atoms with Crippen molar-refractivity contribution in [1.29, 1.82) is 0 Å². The molecule has 0 amide bonds. The molecule has 0 aliphatic heterocycles. The smallest absolute Gasteiger partial charge is 0.179 e. The molecule has 300 valence electrons. The first-order valence-corrected chi connectivity index (χ1v) is 24.0. The van der Waals surface area contributed by atoms with Gasteiger partial charge in [-0.3, -0.25) is 0 Å². The summed E-state index contributed by atoms with van der Waals surface area (Å²) in [6, 6.07) is 89.3. The highest BCUT2D eigenvalue weighted by atomic mass is 28.3. The fourth-order valence-electron chi connectivity index (χ4n) is 10.8. The standard InChI is InChI=1S/C60H40N2OSi/c1-4-18-43(19-5-1)64(44-20-6-2-7-21-44,45-22-8-3-9-23-45)46-37-35-42(36-38-46)61-53-29-13-10-24-48(53)50-28-17-32-56(60(50)61)62-54-30-14-11-26-51(54)59-47(27-16-31-55(59)62)41-34-39-58-52(40-41)49-25-12-15-33-57(49)63-58/h1-40H. The second-order valence-corrected chi connectivity index (χ2v) is 20.6. The first kappa shape index (κ1) is 36.5. The van der Waals surface area contributed by atoms with E-state index in [1.165, 1.54) is 75.5 Å². The molecule has 0 fully saturated rings. The zero-order chi connectivity index (χ0) is 42.2. The van der Waals surface area contributed by atoms with Gasteiger partial charge in [0, 0.05) is 38.0 Å². The van der Waals surface area contributed by atoms with Gasteiger partial charge in [-0.05, 0) is 86.5 Å². The third-order valence-electron chi connectivity index (χ3n) is 13.5. The van der Waals surface area contributed by atoms with Crippen LogP contribution in [0.5, 0.6) is 0 Å². The Hall–Kier alpha value is -8.18. The van der Waals surface area contributed by atoms with E-state index in [1.807, 2.05) is 12.1 Å². The predicted molar refractivity (Wildman–Crippen MR) is 271 cm³/mol. The Morgan fingerprint density at radius 1 is 0.328 bits per heavy atom. The molecule has 0 unspecified atom stereocenters. The maximum Gasteiger partial charge on any atom is 0.179 e. The van der Waals surface area contributed by atoms with Gasteiger partial charge in [0.05, 0.1) is 27.8 Å². The van der Waals surface area contributed by atoms with E-state index in [1.54, 1.807) is 0 Å². The second-order valence-electron chi connectivity index (χ2n) is 16.8. The monoisotopic (exact) mass is 832 g/mol. The Labute approximate surface area is 371 Å². The predicted octanol–water partition coefficient (Wildman–Crippen LogP) is 12.8. The maximum absolute atomic E-state index is 6.26. The summed E-state index contributed by atoms with van der Waals surface area (Å²) in [6.45, 7) is 0. The van der Waals surface area contributed by atoms with E-state index in [0.29, 0.717) is 0 Å². The molecule has 3 nitrogen and oxygen atoms in total. The van der Waals surface area contributed by atoms with Crippen LogP contribution in [0.25, 0.3) is 88.1 Å². The van der Waals surface area contributed by atoms with Gasteiger partial charge in [-0.15, -0.1) is 0 Å². The minimum Gasteiger partial charge on any atom is -0.456 e. The van der Waals surface area contributed by atoms with E-state index in [2.05, 4.69) is 240 Å². The molecule has 0 spiro atoms. The second kappa shape index (κ2) is 14.5. The molecule has 13 aromatic rings. The summed E-state index contributed by atoms with van der Waals surface area (Å²) in [6.07, 6.45) is 0. The zero-order valence-corrected chi connectivity index (χ0v) is 35.9. The van der Waals surface area contributed by atoms with Crippen molar-refractivity contribution in [3.8, 4) is 22.5 Å². The topological polar surface area (TPSA) is 23.0 Å². The number of aromatic nitrogens is 2. The van der Waals surface area contributed by atoms with E-state index < -0.39 is 8.07 Å². The molecular formula is C60H40N2OSi. The summed E-state index contributed by atoms with van der Waals surface area (Å²) in [4.78, 5) is 0. The Morgan fingerprint density at radius 3 is 1.53 bits per heavy atom. The van der Waals surface area contributed by atoms with Crippen LogP contribution in [0, 0.1) is 0 Å². The van der Waals surface area contributed by atoms with E-state index in [0.717, 1.165) is 33.3 Å². The highest BCUT2D eigenvalue weighted by molar-refractivity contribution is 7.19. The van der Waals surface area contributed by atoms with Gasteiger partial charge in [0.15, 0.2) is 8.07 Å². The number of para-hydroxylation sites is 4. The molecule has 0 radical (unpaired) electrons. The number of rotatable bonds is 7. The molecule has 3 aromatic heterocycles. The molecule has 13 rings (SSSR count). The van der Waals surface area contributed by atoms with Crippen LogP contribution in [-0.2, 0) is 0 Å². The highest BCUT2D eigenvalue weighted by Crippen LogP contribution is 2.43. The lowest BCUT2D eigenvalue weighted by molar-refractivity contribution is 0.669. The van der Waals surface area contributed by atoms with Crippen molar-refractivity contribution in [3.63, 3.8) is 0 Å². The Kier molecular flexibility index (Phi) is 8.23. The van der Waals surface area contributed by atoms with Crippen molar-refractivity contribution in [1.82, 2.24) is 9.13 Å². The summed E-state index contributed by atoms with van der Waals surface area (Å²) >= 11 is 0. The molecule has 3 heterocycles. The van der Waals surface area contributed by atoms with Crippen molar-refractivity contribution in [2.45, 2.75) is 0 Å². The number of fused-ring (bicyclic) bond motifs is 9. The summed E-state index contributed by atoms with van der Waals surface area (Å²) in [5.74, 6) is 0. The van der Waals surface area contributed by atoms with Crippen LogP contribution in [0.1, 0.15) is 0 Å². The Morgan fingerprint density at radius 2 is 0.844 bits per heavy atom. The molecule has 4 heteroatoms. The van der Waals surface area contributed by atoms with E-state index >= 15 is 0 Å². The largest absolute Gasteiger partial charge is 0.456 e. The molecular weight excluding hydrogens is 793 g/mol. The van der Waals surface area contributed by atoms with E-state index in [-0.39, 0.29) is 0 Å². The molecule has 0 N–H and O–H groups in total. The fourth-order valence-corrected chi connectivity index (χ4v) is 15.5. The van der Waals surface area contributed by atoms with Crippen LogP contribution < -0.4 is 20.7 Å². The molecule has 0 aliphatic carbocycles. The van der Waals surface area contributed by atoms with Crippen LogP contribution in [0.2, 0.25) is 0 Å². The first-order valence-electron chi connectivity index (χ1n) is 22.0. The molecule has 0 atom stereocenters. The third kappa shape index (κ3) is 5.33. The average molecular weight is 833 g/mol. The molecule has 10 aromatic carbocycles. The van der Waals surface area contributed by atoms with Crippen LogP contribution in [0.3, 0.4) is 0 Å². The van der Waals surface area contributed by atoms with Crippen LogP contribution in [-0.4, -0.2) is 17.2 Å². The Balaban J connectivity index is 1.05. The van der Waals surface area contributed by atoms with Crippen molar-refractivity contribution < 1.29 is 4.42 Å². The van der Waals surface area contributed by atoms with Crippen molar-refractivity contribution in [2.24, 2.45) is 0 Å². The zero-order valence-electron chi connectivity index (χ0n) is 34.9. The number of hydrogen-bond acceptors (Lipinski definition) is 1. The van der Waals surface area contributed by atoms with Gasteiger partial charge >= 0.3 is 0 Å². The fraction of sp³-hybridized carbons (Fsp3) is 0. The molecule has 0 saturated carbocycles. The van der Waals surface area contributed by atoms with Crippen LogP contribution in [0.15, 0.2) is 247 Å². The van der Waals surface area contributed by atoms with Gasteiger partial charge < -0.3 is 13.6 Å². The lowest BCUT2D eigenvalue weighted by Crippen LogP contribution is -2.74. The van der Waals surface area contributed by atoms with Gasteiger partial charge in [-0.25, -0.2) is 0 Å². The van der Waals surface area contributed by atoms with E-state index in [9.17, 15) is 0 Å². The summed E-state index contributed by atoms with van der Waals surface area (Å²) in [5, 5.41) is 12.6. The third-order valence-corrected chi connectivity index (χ3v) is 18.3. The number of benzene rings is 10. The minimum absolute atomic E-state index is 0.903. The number of hydrogen-bond donors (Lipinski definition) is 0. The van der Waals surface area contributed by atoms with Gasteiger partial charge in [0.2, 0.25) is 0 Å². The van der Waals surface area contributed by atoms with Crippen molar-refractivity contribution in [2.75, 3.05) is 0 Å². The summed E-state index contributed by atoms with van der Waals surface area (Å²) in [7, 11) is -2.71. The SMILES string of the molecule is c1ccc([Si](c2ccccc2)(c2ccccc2)c2ccc(-n3c4ccccc4c4cccc(-n5c6ccccc6c6c(-c7ccc8oc9ccccc9c8c7)cccc65)c43)cc2)cc1. The van der Waals surface area contributed by atoms with Crippen LogP contribution >= 0.6 is 0 Å². The summed E-state index contributed by atoms with van der Waals surface area (Å²) < 4.78 is 11.2. The average Bonchev–Trinajstić information content (AvgIpc) is 4.03. The van der Waals surface area contributed by atoms with Gasteiger partial charge in [0.25, 0.3) is 0 Å². The number of nitrogens with zero attached hydrogens (tertiary/aromatic N) is 2. The van der Waals surface area contributed by atoms with Gasteiger partial charge in [0.1, 0.15) is 11.2 Å². The van der Waals surface area contributed by atoms with Gasteiger partial charge in [-0.2, -0.15) is 0 Å². The quantitative estimate of drug-likeness (QED) is 0.116. The lowest BCUT2D eigenvalue weighted by atomic mass is 9.98. The van der Waals surface area contributed by atoms with E-state index in [4.69, 9.17) is 4.42 Å². The molecule has 0 bridgehead atoms. The maximum atomic E-state index is 6.26. The van der Waals surface area contributed by atoms with Crippen molar-refractivity contribution >= 4 is 94.4 Å². The highest BCUT2D eigenvalue weighted by Gasteiger charge is 2.41. The Bertz CT molecular complexity index is 3790. The normalized spacial score (nSPS) is 12.1. The van der Waals surface area contributed by atoms with Crippen molar-refractivity contribution in [3.05, 3.63) is 243 Å². The lowest BCUT2D eigenvalue weighted by Gasteiger charge is -2.34. The molecule has 64 heavy (non-hydrogen) atoms. The summed E-state index contributed by atoms with van der Waals surface area (Å²) in [5.41, 5.74) is 11.1. The molecule has 0 aliphatic rings. The number of furan rings is 1. The van der Waals surface area contributed by atoms with Gasteiger partial charge in [-0.1, -0.05) is 188 Å². The van der Waals surface area contributed by atoms with Crippen LogP contribution in [0.4, 0.5) is 0 Å². The molecule has 0 saturated heterocycles.